The van der Waals surface area contributed by atoms with Gasteiger partial charge in [-0.05, 0) is 0 Å². The van der Waals surface area contributed by atoms with E-state index in [-0.39, 0.29) is 12.1 Å². The van der Waals surface area contributed by atoms with Crippen molar-refractivity contribution in [2.45, 2.75) is 6.04 Å². The molecule has 4 nitrogen and oxygen atoms in total. The van der Waals surface area contributed by atoms with Gasteiger partial charge < -0.3 is 14.8 Å². The minimum absolute atomic E-state index is 0.107. The summed E-state index contributed by atoms with van der Waals surface area (Å²) >= 11 is 5.13. The molecule has 10 heavy (non-hydrogen) atoms. The number of carbonyl (C=O) groups is 1. The number of halogens is 1. The Bertz CT molecular complexity index is 126. The van der Waals surface area contributed by atoms with Gasteiger partial charge in [-0.2, -0.15) is 0 Å². The van der Waals surface area contributed by atoms with E-state index in [0.717, 1.165) is 0 Å². The van der Waals surface area contributed by atoms with Crippen LogP contribution in [0.3, 0.4) is 0 Å². The topological polar surface area (TPSA) is 47.6 Å². The fourth-order valence-electron chi connectivity index (χ4n) is 0.577. The molecule has 0 radical (unpaired) electrons. The molecule has 0 atom stereocenters. The van der Waals surface area contributed by atoms with E-state index in [1.807, 2.05) is 0 Å². The fraction of sp³-hybridized carbons (Fsp3) is 0.800. The number of alkyl carbamates (subject to hydrolysis) is 1. The number of alkyl halides is 1. The number of rotatable bonds is 2. The molecule has 0 aliphatic carbocycles. The van der Waals surface area contributed by atoms with E-state index in [9.17, 15) is 4.79 Å². The van der Waals surface area contributed by atoms with Gasteiger partial charge in [-0.3, -0.25) is 0 Å². The Morgan fingerprint density at radius 2 is 2.50 bits per heavy atom. The number of hydrogen-bond donors (Lipinski definition) is 1. The first-order valence-electron chi connectivity index (χ1n) is 2.90. The molecule has 0 spiro atoms. The van der Waals surface area contributed by atoms with Gasteiger partial charge >= 0.3 is 6.09 Å². The molecular weight excluding hydrogens is 158 g/mol. The summed E-state index contributed by atoms with van der Waals surface area (Å²) in [6, 6.07) is -0.00455. The molecule has 0 aromatic heterocycles. The molecule has 0 bridgehead atoms. The van der Waals surface area contributed by atoms with E-state index in [0.29, 0.717) is 13.2 Å². The molecule has 1 saturated heterocycles. The zero-order valence-corrected chi connectivity index (χ0v) is 6.06. The standard InChI is InChI=1S/C5H8ClNO3/c6-3-10-5(8)7-4-1-9-2-4/h4H,1-3H2,(H,7,8). The Labute approximate surface area is 63.4 Å². The number of amides is 1. The van der Waals surface area contributed by atoms with Crippen LogP contribution in [-0.2, 0) is 9.47 Å². The highest BCUT2D eigenvalue weighted by Gasteiger charge is 2.20. The van der Waals surface area contributed by atoms with Crippen LogP contribution in [0.4, 0.5) is 4.79 Å². The SMILES string of the molecule is O=C(NC1COC1)OCCl. The Kier molecular flexibility index (Phi) is 2.77. The van der Waals surface area contributed by atoms with Crippen molar-refractivity contribution in [2.24, 2.45) is 0 Å². The zero-order chi connectivity index (χ0) is 7.40. The highest BCUT2D eigenvalue weighted by atomic mass is 35.5. The van der Waals surface area contributed by atoms with Crippen LogP contribution in [0.25, 0.3) is 0 Å². The Morgan fingerprint density at radius 3 is 2.90 bits per heavy atom. The summed E-state index contributed by atoms with van der Waals surface area (Å²) in [5, 5.41) is 2.55. The largest absolute Gasteiger partial charge is 0.433 e. The van der Waals surface area contributed by atoms with Crippen LogP contribution in [-0.4, -0.2) is 31.4 Å². The summed E-state index contributed by atoms with van der Waals surface area (Å²) in [6.07, 6.45) is -0.483. The van der Waals surface area contributed by atoms with Gasteiger partial charge in [-0.15, -0.1) is 0 Å². The van der Waals surface area contributed by atoms with E-state index in [1.165, 1.54) is 0 Å². The van der Waals surface area contributed by atoms with Crippen molar-refractivity contribution in [1.82, 2.24) is 5.32 Å². The minimum Gasteiger partial charge on any atom is -0.433 e. The third-order valence-corrected chi connectivity index (χ3v) is 1.25. The maximum Gasteiger partial charge on any atom is 0.408 e. The summed E-state index contributed by atoms with van der Waals surface area (Å²) in [5.74, 6) is 0. The van der Waals surface area contributed by atoms with E-state index in [2.05, 4.69) is 10.1 Å². The molecule has 1 N–H and O–H groups in total. The van der Waals surface area contributed by atoms with Gasteiger partial charge in [0.25, 0.3) is 0 Å². The van der Waals surface area contributed by atoms with Crippen molar-refractivity contribution in [1.29, 1.82) is 0 Å². The van der Waals surface area contributed by atoms with Crippen LogP contribution in [0.5, 0.6) is 0 Å². The summed E-state index contributed by atoms with van der Waals surface area (Å²) in [5.41, 5.74) is 0. The molecule has 1 aliphatic heterocycles. The highest BCUT2D eigenvalue weighted by molar-refractivity contribution is 6.17. The molecule has 58 valence electrons. The van der Waals surface area contributed by atoms with Crippen molar-refractivity contribution in [3.63, 3.8) is 0 Å². The van der Waals surface area contributed by atoms with Gasteiger partial charge in [-0.1, -0.05) is 11.6 Å². The van der Waals surface area contributed by atoms with Crippen molar-refractivity contribution >= 4 is 17.7 Å². The highest BCUT2D eigenvalue weighted by Crippen LogP contribution is 1.99. The van der Waals surface area contributed by atoms with Crippen LogP contribution in [0.2, 0.25) is 0 Å². The van der Waals surface area contributed by atoms with Crippen LogP contribution in [0, 0.1) is 0 Å². The maximum atomic E-state index is 10.6. The molecule has 1 fully saturated rings. The first-order valence-corrected chi connectivity index (χ1v) is 3.43. The average molecular weight is 166 g/mol. The van der Waals surface area contributed by atoms with Gasteiger partial charge in [0.15, 0.2) is 6.07 Å². The van der Waals surface area contributed by atoms with Crippen molar-refractivity contribution < 1.29 is 14.3 Å². The third-order valence-electron chi connectivity index (χ3n) is 1.15. The number of ether oxygens (including phenoxy) is 2. The van der Waals surface area contributed by atoms with Crippen molar-refractivity contribution in [3.8, 4) is 0 Å². The molecule has 0 aromatic carbocycles. The fourth-order valence-corrected chi connectivity index (χ4v) is 0.676. The first kappa shape index (κ1) is 7.63. The predicted octanol–water partition coefficient (Wildman–Crippen LogP) is 0.308. The van der Waals surface area contributed by atoms with Crippen LogP contribution in [0.1, 0.15) is 0 Å². The second kappa shape index (κ2) is 3.63. The Hall–Kier alpha value is -0.480. The Balaban J connectivity index is 2.05. The van der Waals surface area contributed by atoms with Crippen molar-refractivity contribution in [3.05, 3.63) is 0 Å². The third kappa shape index (κ3) is 2.04. The molecule has 1 aliphatic rings. The van der Waals surface area contributed by atoms with Crippen LogP contribution < -0.4 is 5.32 Å². The lowest BCUT2D eigenvalue weighted by Crippen LogP contribution is -2.48. The second-order valence-electron chi connectivity index (χ2n) is 1.92. The summed E-state index contributed by atoms with van der Waals surface area (Å²) in [6.45, 7) is 1.13. The summed E-state index contributed by atoms with van der Waals surface area (Å²) < 4.78 is 9.22. The molecule has 5 heteroatoms. The van der Waals surface area contributed by atoms with Crippen molar-refractivity contribution in [2.75, 3.05) is 19.3 Å². The van der Waals surface area contributed by atoms with Gasteiger partial charge in [0.2, 0.25) is 0 Å². The first-order chi connectivity index (χ1) is 4.83. The smallest absolute Gasteiger partial charge is 0.408 e. The number of hydrogen-bond acceptors (Lipinski definition) is 3. The van der Waals surface area contributed by atoms with E-state index in [1.54, 1.807) is 0 Å². The molecule has 0 unspecified atom stereocenters. The lowest BCUT2D eigenvalue weighted by Gasteiger charge is -2.25. The van der Waals surface area contributed by atoms with E-state index < -0.39 is 6.09 Å². The van der Waals surface area contributed by atoms with Gasteiger partial charge in [-0.25, -0.2) is 4.79 Å². The number of nitrogens with one attached hydrogen (secondary N) is 1. The molecule has 1 rings (SSSR count). The maximum absolute atomic E-state index is 10.6. The number of carbonyl (C=O) groups excluding carboxylic acids is 1. The molecule has 1 heterocycles. The molecular formula is C5H8ClNO3. The van der Waals surface area contributed by atoms with Gasteiger partial charge in [0.1, 0.15) is 0 Å². The summed E-state index contributed by atoms with van der Waals surface area (Å²) in [7, 11) is 0. The Morgan fingerprint density at radius 1 is 1.80 bits per heavy atom. The van der Waals surface area contributed by atoms with Gasteiger partial charge in [0.05, 0.1) is 19.3 Å². The minimum atomic E-state index is -0.483. The molecule has 0 saturated carbocycles. The normalized spacial score (nSPS) is 17.7. The monoisotopic (exact) mass is 165 g/mol. The lowest BCUT2D eigenvalue weighted by molar-refractivity contribution is -0.00450. The lowest BCUT2D eigenvalue weighted by atomic mass is 10.3. The quantitative estimate of drug-likeness (QED) is 0.599. The van der Waals surface area contributed by atoms with Crippen LogP contribution in [0.15, 0.2) is 0 Å². The average Bonchev–Trinajstić information content (AvgIpc) is 1.80. The van der Waals surface area contributed by atoms with Gasteiger partial charge in [0, 0.05) is 0 Å². The van der Waals surface area contributed by atoms with E-state index >= 15 is 0 Å². The predicted molar refractivity (Wildman–Crippen MR) is 34.9 cm³/mol. The summed E-state index contributed by atoms with van der Waals surface area (Å²) in [4.78, 5) is 10.6. The second-order valence-corrected chi connectivity index (χ2v) is 2.14. The zero-order valence-electron chi connectivity index (χ0n) is 5.30. The van der Waals surface area contributed by atoms with Crippen LogP contribution >= 0.6 is 11.6 Å². The molecule has 0 aromatic rings. The molecule has 1 amide bonds. The van der Waals surface area contributed by atoms with E-state index in [4.69, 9.17) is 16.3 Å².